The Morgan fingerprint density at radius 1 is 0.963 bits per heavy atom. The van der Waals surface area contributed by atoms with Crippen LogP contribution in [-0.4, -0.2) is 24.3 Å². The van der Waals surface area contributed by atoms with Crippen LogP contribution in [0.4, 0.5) is 0 Å². The van der Waals surface area contributed by atoms with Gasteiger partial charge in [-0.1, -0.05) is 41.9 Å². The molecular formula is C19H14ClN5O2. The highest BCUT2D eigenvalue weighted by Gasteiger charge is 2.20. The first kappa shape index (κ1) is 17.1. The predicted molar refractivity (Wildman–Crippen MR) is 102 cm³/mol. The molecule has 0 radical (unpaired) electrons. The van der Waals surface area contributed by atoms with E-state index in [-0.39, 0.29) is 18.1 Å². The summed E-state index contributed by atoms with van der Waals surface area (Å²) >= 11 is 5.92. The van der Waals surface area contributed by atoms with Crippen LogP contribution in [0.25, 0.3) is 22.9 Å². The van der Waals surface area contributed by atoms with Crippen molar-refractivity contribution in [2.45, 2.75) is 6.54 Å². The highest BCUT2D eigenvalue weighted by molar-refractivity contribution is 6.30. The molecule has 2 aliphatic rings. The first-order chi connectivity index (χ1) is 13.0. The molecule has 0 atom stereocenters. The minimum absolute atomic E-state index is 0.0907. The number of aromatic nitrogens is 5. The maximum Gasteiger partial charge on any atom is 0.352 e. The van der Waals surface area contributed by atoms with E-state index in [1.807, 2.05) is 30.3 Å². The second-order valence-corrected chi connectivity index (χ2v) is 6.45. The Morgan fingerprint density at radius 3 is 2.37 bits per heavy atom. The number of halogens is 1. The van der Waals surface area contributed by atoms with Gasteiger partial charge in [0.2, 0.25) is 0 Å². The molecule has 0 unspecified atom stereocenters. The van der Waals surface area contributed by atoms with Gasteiger partial charge in [-0.25, -0.2) is 14.5 Å². The number of rotatable bonds is 3. The van der Waals surface area contributed by atoms with Crippen molar-refractivity contribution in [2.24, 2.45) is 7.05 Å². The molecule has 27 heavy (non-hydrogen) atoms. The second-order valence-electron chi connectivity index (χ2n) is 6.01. The summed E-state index contributed by atoms with van der Waals surface area (Å²) in [5.41, 5.74) is 0.496. The van der Waals surface area contributed by atoms with Gasteiger partial charge in [0.05, 0.1) is 6.54 Å². The Labute approximate surface area is 158 Å². The van der Waals surface area contributed by atoms with Crippen LogP contribution in [0.1, 0.15) is 5.56 Å². The van der Waals surface area contributed by atoms with E-state index in [4.69, 9.17) is 11.6 Å². The molecule has 0 saturated carbocycles. The molecule has 7 nitrogen and oxygen atoms in total. The molecular weight excluding hydrogens is 366 g/mol. The van der Waals surface area contributed by atoms with Crippen LogP contribution in [-0.2, 0) is 13.6 Å². The zero-order chi connectivity index (χ0) is 19.0. The number of aryl methyl sites for hydroxylation is 1. The van der Waals surface area contributed by atoms with E-state index in [0.29, 0.717) is 16.4 Å². The third-order valence-corrected chi connectivity index (χ3v) is 4.40. The van der Waals surface area contributed by atoms with E-state index in [0.717, 1.165) is 10.1 Å². The lowest BCUT2D eigenvalue weighted by Gasteiger charge is -2.12. The number of hydrogen-bond donors (Lipinski definition) is 0. The van der Waals surface area contributed by atoms with Gasteiger partial charge in [-0.05, 0) is 29.8 Å². The Balaban J connectivity index is 1.90. The monoisotopic (exact) mass is 379 g/mol. The van der Waals surface area contributed by atoms with Crippen LogP contribution in [0, 0.1) is 0 Å². The Morgan fingerprint density at radius 2 is 1.67 bits per heavy atom. The molecule has 0 bridgehead atoms. The fourth-order valence-corrected chi connectivity index (χ4v) is 2.91. The van der Waals surface area contributed by atoms with Gasteiger partial charge in [-0.3, -0.25) is 9.36 Å². The Hall–Kier alpha value is -3.32. The molecule has 2 heterocycles. The average Bonchev–Trinajstić information content (AvgIpc) is 2.67. The van der Waals surface area contributed by atoms with E-state index in [2.05, 4.69) is 15.1 Å². The number of benzene rings is 2. The summed E-state index contributed by atoms with van der Waals surface area (Å²) in [6.45, 7) is 0.130. The molecule has 0 amide bonds. The van der Waals surface area contributed by atoms with E-state index in [9.17, 15) is 9.59 Å². The first-order valence-electron chi connectivity index (χ1n) is 8.19. The number of fused-ring (bicyclic) bond motifs is 1. The molecule has 0 spiro atoms. The average molecular weight is 380 g/mol. The van der Waals surface area contributed by atoms with Crippen LogP contribution < -0.4 is 11.2 Å². The van der Waals surface area contributed by atoms with Crippen molar-refractivity contribution in [2.75, 3.05) is 0 Å². The van der Waals surface area contributed by atoms with E-state index in [1.165, 1.54) is 4.68 Å². The SMILES string of the molecule is Cn1nc(-c2ccc(Cl)cc2)nc2c(=O)n(Cc3ccccc3)c(=O)nc1-2. The van der Waals surface area contributed by atoms with Crippen molar-refractivity contribution in [3.63, 3.8) is 0 Å². The van der Waals surface area contributed by atoms with Crippen molar-refractivity contribution in [3.05, 3.63) is 86.0 Å². The second kappa shape index (κ2) is 6.77. The van der Waals surface area contributed by atoms with Gasteiger partial charge < -0.3 is 0 Å². The quantitative estimate of drug-likeness (QED) is 0.545. The first-order valence-corrected chi connectivity index (χ1v) is 8.56. The van der Waals surface area contributed by atoms with Crippen molar-refractivity contribution in [1.82, 2.24) is 24.3 Å². The molecule has 0 N–H and O–H groups in total. The lowest BCUT2D eigenvalue weighted by molar-refractivity contribution is 0.652. The van der Waals surface area contributed by atoms with Crippen molar-refractivity contribution in [1.29, 1.82) is 0 Å². The lowest BCUT2D eigenvalue weighted by Crippen LogP contribution is -2.39. The minimum atomic E-state index is -0.630. The third kappa shape index (κ3) is 3.24. The smallest absolute Gasteiger partial charge is 0.267 e. The van der Waals surface area contributed by atoms with Gasteiger partial charge in [0, 0.05) is 17.6 Å². The molecule has 134 valence electrons. The highest BCUT2D eigenvalue weighted by atomic mass is 35.5. The van der Waals surface area contributed by atoms with Crippen molar-refractivity contribution < 1.29 is 0 Å². The zero-order valence-electron chi connectivity index (χ0n) is 14.3. The van der Waals surface area contributed by atoms with Gasteiger partial charge in [-0.15, -0.1) is 0 Å². The fraction of sp³-hybridized carbons (Fsp3) is 0.105. The molecule has 0 aliphatic carbocycles. The summed E-state index contributed by atoms with van der Waals surface area (Å²) in [5, 5.41) is 4.90. The fourth-order valence-electron chi connectivity index (χ4n) is 2.78. The summed E-state index contributed by atoms with van der Waals surface area (Å²) in [7, 11) is 1.62. The predicted octanol–water partition coefficient (Wildman–Crippen LogP) is 2.21. The molecule has 8 heteroatoms. The summed E-state index contributed by atoms with van der Waals surface area (Å²) < 4.78 is 2.47. The Kier molecular flexibility index (Phi) is 4.29. The summed E-state index contributed by atoms with van der Waals surface area (Å²) in [4.78, 5) is 33.7. The molecule has 0 fully saturated rings. The topological polar surface area (TPSA) is 82.7 Å². The van der Waals surface area contributed by atoms with Gasteiger partial charge in [0.15, 0.2) is 17.3 Å². The van der Waals surface area contributed by atoms with Crippen LogP contribution in [0.3, 0.4) is 0 Å². The van der Waals surface area contributed by atoms with Crippen LogP contribution in [0.5, 0.6) is 0 Å². The highest BCUT2D eigenvalue weighted by Crippen LogP contribution is 2.20. The summed E-state index contributed by atoms with van der Waals surface area (Å²) in [5.74, 6) is 0.498. The van der Waals surface area contributed by atoms with E-state index >= 15 is 0 Å². The maximum atomic E-state index is 12.9. The third-order valence-electron chi connectivity index (χ3n) is 4.15. The van der Waals surface area contributed by atoms with Crippen LogP contribution in [0.2, 0.25) is 5.02 Å². The molecule has 2 aliphatic heterocycles. The van der Waals surface area contributed by atoms with Crippen LogP contribution >= 0.6 is 11.6 Å². The Bertz CT molecular complexity index is 1200. The maximum absolute atomic E-state index is 12.9. The van der Waals surface area contributed by atoms with E-state index < -0.39 is 11.2 Å². The summed E-state index contributed by atoms with van der Waals surface area (Å²) in [6, 6.07) is 16.2. The largest absolute Gasteiger partial charge is 0.352 e. The van der Waals surface area contributed by atoms with Gasteiger partial charge >= 0.3 is 5.69 Å². The van der Waals surface area contributed by atoms with Crippen molar-refractivity contribution >= 4 is 11.6 Å². The minimum Gasteiger partial charge on any atom is -0.267 e. The normalized spacial score (nSPS) is 11.0. The molecule has 0 saturated heterocycles. The lowest BCUT2D eigenvalue weighted by atomic mass is 10.2. The molecule has 4 rings (SSSR count). The van der Waals surface area contributed by atoms with Gasteiger partial charge in [-0.2, -0.15) is 10.1 Å². The zero-order valence-corrected chi connectivity index (χ0v) is 15.1. The number of nitrogens with zero attached hydrogens (tertiary/aromatic N) is 5. The standard InChI is InChI=1S/C19H14ClN5O2/c1-24-17-15(21-16(23-24)13-7-9-14(20)10-8-13)18(26)25(19(27)22-17)11-12-5-3-2-4-6-12/h2-10H,11H2,1H3. The van der Waals surface area contributed by atoms with E-state index in [1.54, 1.807) is 31.3 Å². The molecule has 2 aromatic rings. The number of hydrogen-bond acceptors (Lipinski definition) is 5. The molecule has 0 aromatic heterocycles. The van der Waals surface area contributed by atoms with Crippen molar-refractivity contribution in [3.8, 4) is 22.9 Å². The summed E-state index contributed by atoms with van der Waals surface area (Å²) in [6.07, 6.45) is 0. The van der Waals surface area contributed by atoms with Crippen LogP contribution in [0.15, 0.2) is 64.2 Å². The van der Waals surface area contributed by atoms with Gasteiger partial charge in [0.25, 0.3) is 5.56 Å². The van der Waals surface area contributed by atoms with Gasteiger partial charge in [0.1, 0.15) is 0 Å². The molecule has 2 aromatic carbocycles.